The highest BCUT2D eigenvalue weighted by molar-refractivity contribution is 5.78. The van der Waals surface area contributed by atoms with Gasteiger partial charge >= 0.3 is 0 Å². The predicted molar refractivity (Wildman–Crippen MR) is 93.3 cm³/mol. The second-order valence-electron chi connectivity index (χ2n) is 6.41. The van der Waals surface area contributed by atoms with Gasteiger partial charge in [-0.2, -0.15) is 0 Å². The number of aromatic nitrogens is 3. The number of fused-ring (bicyclic) bond motifs is 1. The fraction of sp³-hybridized carbons (Fsp3) is 0.316. The van der Waals surface area contributed by atoms with Crippen molar-refractivity contribution in [3.05, 3.63) is 66.8 Å². The van der Waals surface area contributed by atoms with Crippen LogP contribution in [0.25, 0.3) is 0 Å². The molecule has 3 aromatic heterocycles. The van der Waals surface area contributed by atoms with E-state index in [1.165, 1.54) is 0 Å². The molecule has 0 N–H and O–H groups in total. The van der Waals surface area contributed by atoms with E-state index in [4.69, 9.17) is 9.15 Å². The summed E-state index contributed by atoms with van der Waals surface area (Å²) in [5.74, 6) is 1.45. The Morgan fingerprint density at radius 2 is 2.23 bits per heavy atom. The van der Waals surface area contributed by atoms with E-state index in [0.29, 0.717) is 31.3 Å². The maximum Gasteiger partial charge on any atom is 0.230 e. The van der Waals surface area contributed by atoms with Crippen molar-refractivity contribution in [2.45, 2.75) is 19.5 Å². The lowest BCUT2D eigenvalue weighted by Crippen LogP contribution is -2.36. The zero-order valence-electron chi connectivity index (χ0n) is 14.3. The van der Waals surface area contributed by atoms with E-state index >= 15 is 0 Å². The number of imidazole rings is 1. The Morgan fingerprint density at radius 3 is 3.04 bits per heavy atom. The zero-order valence-corrected chi connectivity index (χ0v) is 14.3. The number of pyridine rings is 1. The molecule has 1 aliphatic rings. The molecule has 134 valence electrons. The maximum atomic E-state index is 12.8. The van der Waals surface area contributed by atoms with Crippen molar-refractivity contribution in [3.63, 3.8) is 0 Å². The van der Waals surface area contributed by atoms with Crippen LogP contribution in [0.15, 0.2) is 59.7 Å². The van der Waals surface area contributed by atoms with E-state index < -0.39 is 0 Å². The van der Waals surface area contributed by atoms with E-state index in [9.17, 15) is 4.79 Å². The number of rotatable bonds is 5. The SMILES string of the molecule is O=C(Cc1ccco1)N1Cc2cncn2C[C@@H](COc2ccccn2)C1. The van der Waals surface area contributed by atoms with Crippen LogP contribution in [0.2, 0.25) is 0 Å². The van der Waals surface area contributed by atoms with Gasteiger partial charge in [0.05, 0.1) is 37.9 Å². The number of carbonyl (C=O) groups is 1. The second kappa shape index (κ2) is 7.43. The molecule has 7 heteroatoms. The summed E-state index contributed by atoms with van der Waals surface area (Å²) in [5.41, 5.74) is 1.03. The smallest absolute Gasteiger partial charge is 0.230 e. The normalized spacial score (nSPS) is 16.8. The number of nitrogens with zero attached hydrogens (tertiary/aromatic N) is 4. The van der Waals surface area contributed by atoms with Crippen molar-refractivity contribution in [2.75, 3.05) is 13.2 Å². The first-order valence-electron chi connectivity index (χ1n) is 8.61. The third kappa shape index (κ3) is 3.77. The van der Waals surface area contributed by atoms with Crippen molar-refractivity contribution in [1.82, 2.24) is 19.4 Å². The first kappa shape index (κ1) is 16.4. The highest BCUT2D eigenvalue weighted by atomic mass is 16.5. The Hall–Kier alpha value is -3.09. The molecule has 0 fully saturated rings. The van der Waals surface area contributed by atoms with Gasteiger partial charge in [0, 0.05) is 37.5 Å². The largest absolute Gasteiger partial charge is 0.477 e. The molecule has 26 heavy (non-hydrogen) atoms. The number of hydrogen-bond donors (Lipinski definition) is 0. The van der Waals surface area contributed by atoms with Crippen LogP contribution in [0.4, 0.5) is 0 Å². The number of ether oxygens (including phenoxy) is 1. The molecule has 4 heterocycles. The topological polar surface area (TPSA) is 73.4 Å². The molecular formula is C19H20N4O3. The van der Waals surface area contributed by atoms with Crippen molar-refractivity contribution in [2.24, 2.45) is 5.92 Å². The van der Waals surface area contributed by atoms with E-state index in [-0.39, 0.29) is 18.2 Å². The Kier molecular flexibility index (Phi) is 4.68. The second-order valence-corrected chi connectivity index (χ2v) is 6.41. The molecular weight excluding hydrogens is 332 g/mol. The van der Waals surface area contributed by atoms with Gasteiger partial charge in [-0.3, -0.25) is 4.79 Å². The Bertz CT molecular complexity index is 845. The van der Waals surface area contributed by atoms with Gasteiger partial charge in [0.1, 0.15) is 5.76 Å². The molecule has 0 radical (unpaired) electrons. The van der Waals surface area contributed by atoms with Crippen LogP contribution in [0, 0.1) is 5.92 Å². The summed E-state index contributed by atoms with van der Waals surface area (Å²) in [7, 11) is 0. The van der Waals surface area contributed by atoms with Gasteiger partial charge in [-0.1, -0.05) is 6.07 Å². The lowest BCUT2D eigenvalue weighted by atomic mass is 10.1. The highest BCUT2D eigenvalue weighted by Crippen LogP contribution is 2.18. The fourth-order valence-electron chi connectivity index (χ4n) is 3.16. The van der Waals surface area contributed by atoms with Crippen LogP contribution in [0.1, 0.15) is 11.5 Å². The predicted octanol–water partition coefficient (Wildman–Crippen LogP) is 2.15. The molecule has 1 aliphatic heterocycles. The van der Waals surface area contributed by atoms with Crippen LogP contribution < -0.4 is 4.74 Å². The van der Waals surface area contributed by atoms with Crippen LogP contribution in [-0.4, -0.2) is 38.5 Å². The molecule has 1 atom stereocenters. The van der Waals surface area contributed by atoms with Crippen LogP contribution in [-0.2, 0) is 24.3 Å². The summed E-state index contributed by atoms with van der Waals surface area (Å²) < 4.78 is 13.2. The molecule has 3 aromatic rings. The van der Waals surface area contributed by atoms with Gasteiger partial charge in [0.15, 0.2) is 0 Å². The molecule has 0 aliphatic carbocycles. The average Bonchev–Trinajstić information content (AvgIpc) is 3.29. The van der Waals surface area contributed by atoms with Crippen molar-refractivity contribution < 1.29 is 13.9 Å². The summed E-state index contributed by atoms with van der Waals surface area (Å²) in [6, 6.07) is 9.19. The summed E-state index contributed by atoms with van der Waals surface area (Å²) >= 11 is 0. The molecule has 4 rings (SSSR count). The molecule has 0 saturated carbocycles. The van der Waals surface area contributed by atoms with E-state index in [1.54, 1.807) is 18.5 Å². The first-order valence-corrected chi connectivity index (χ1v) is 8.61. The molecule has 0 bridgehead atoms. The Morgan fingerprint density at radius 1 is 1.27 bits per heavy atom. The summed E-state index contributed by atoms with van der Waals surface area (Å²) in [5, 5.41) is 0. The van der Waals surface area contributed by atoms with Gasteiger partial charge in [-0.15, -0.1) is 0 Å². The molecule has 0 spiro atoms. The number of amides is 1. The first-order chi connectivity index (χ1) is 12.8. The van der Waals surface area contributed by atoms with Crippen LogP contribution in [0.3, 0.4) is 0 Å². The average molecular weight is 352 g/mol. The minimum atomic E-state index is 0.0393. The van der Waals surface area contributed by atoms with E-state index in [0.717, 1.165) is 12.2 Å². The van der Waals surface area contributed by atoms with Gasteiger partial charge in [0.2, 0.25) is 11.8 Å². The summed E-state index contributed by atoms with van der Waals surface area (Å²) in [4.78, 5) is 23.0. The molecule has 0 saturated heterocycles. The molecule has 1 amide bonds. The van der Waals surface area contributed by atoms with Gasteiger partial charge in [-0.05, 0) is 18.2 Å². The number of furan rings is 1. The quantitative estimate of drug-likeness (QED) is 0.703. The van der Waals surface area contributed by atoms with Gasteiger partial charge < -0.3 is 18.6 Å². The van der Waals surface area contributed by atoms with Gasteiger partial charge in [0.25, 0.3) is 0 Å². The third-order valence-corrected chi connectivity index (χ3v) is 4.45. The highest BCUT2D eigenvalue weighted by Gasteiger charge is 2.26. The fourth-order valence-corrected chi connectivity index (χ4v) is 3.16. The molecule has 0 unspecified atom stereocenters. The van der Waals surface area contributed by atoms with Crippen LogP contribution in [0.5, 0.6) is 5.88 Å². The lowest BCUT2D eigenvalue weighted by molar-refractivity contribution is -0.132. The molecule has 7 nitrogen and oxygen atoms in total. The Balaban J connectivity index is 1.47. The van der Waals surface area contributed by atoms with Crippen molar-refractivity contribution >= 4 is 5.91 Å². The molecule has 0 aromatic carbocycles. The summed E-state index contributed by atoms with van der Waals surface area (Å²) in [6.07, 6.45) is 7.17. The number of hydrogen-bond acceptors (Lipinski definition) is 5. The maximum absolute atomic E-state index is 12.8. The van der Waals surface area contributed by atoms with E-state index in [2.05, 4.69) is 14.5 Å². The minimum Gasteiger partial charge on any atom is -0.477 e. The standard InChI is InChI=1S/C19H20N4O3/c24-19(8-17-4-3-7-25-17)22-10-15(11-23-14-20-9-16(23)12-22)13-26-18-5-1-2-6-21-18/h1-7,9,14-15H,8,10-13H2/t15-/m0/s1. The minimum absolute atomic E-state index is 0.0393. The number of carbonyl (C=O) groups excluding carboxylic acids is 1. The van der Waals surface area contributed by atoms with Gasteiger partial charge in [-0.25, -0.2) is 9.97 Å². The lowest BCUT2D eigenvalue weighted by Gasteiger charge is -2.24. The zero-order chi connectivity index (χ0) is 17.8. The van der Waals surface area contributed by atoms with Crippen molar-refractivity contribution in [1.29, 1.82) is 0 Å². The monoisotopic (exact) mass is 352 g/mol. The van der Waals surface area contributed by atoms with E-state index in [1.807, 2.05) is 41.7 Å². The Labute approximate surface area is 151 Å². The third-order valence-electron chi connectivity index (χ3n) is 4.45. The summed E-state index contributed by atoms with van der Waals surface area (Å²) in [6.45, 7) is 2.40. The van der Waals surface area contributed by atoms with Crippen molar-refractivity contribution in [3.8, 4) is 5.88 Å². The van der Waals surface area contributed by atoms with Crippen LogP contribution >= 0.6 is 0 Å².